The van der Waals surface area contributed by atoms with E-state index in [0.29, 0.717) is 0 Å². The SMILES string of the molecule is CCC1CCC(NC2CCCC2CC)CC1. The molecule has 2 aliphatic rings. The number of hydrogen-bond donors (Lipinski definition) is 1. The minimum Gasteiger partial charge on any atom is -0.311 e. The van der Waals surface area contributed by atoms with Crippen LogP contribution in [0.3, 0.4) is 0 Å². The third-order valence-electron chi connectivity index (χ3n) is 5.06. The van der Waals surface area contributed by atoms with Crippen molar-refractivity contribution in [2.75, 3.05) is 0 Å². The van der Waals surface area contributed by atoms with E-state index in [1.54, 1.807) is 0 Å². The van der Waals surface area contributed by atoms with Crippen LogP contribution in [0.5, 0.6) is 0 Å². The molecule has 94 valence electrons. The molecule has 0 aliphatic heterocycles. The first-order valence-corrected chi connectivity index (χ1v) is 7.59. The molecule has 0 radical (unpaired) electrons. The summed E-state index contributed by atoms with van der Waals surface area (Å²) in [6.07, 6.45) is 13.0. The zero-order chi connectivity index (χ0) is 11.4. The molecule has 16 heavy (non-hydrogen) atoms. The minimum atomic E-state index is 0.847. The van der Waals surface area contributed by atoms with E-state index in [9.17, 15) is 0 Å². The molecular weight excluding hydrogens is 194 g/mol. The highest BCUT2D eigenvalue weighted by molar-refractivity contribution is 4.87. The van der Waals surface area contributed by atoms with Crippen LogP contribution in [0.2, 0.25) is 0 Å². The summed E-state index contributed by atoms with van der Waals surface area (Å²) in [5.74, 6) is 2.01. The third kappa shape index (κ3) is 3.00. The average molecular weight is 223 g/mol. The molecule has 2 aliphatic carbocycles. The molecule has 0 amide bonds. The predicted molar refractivity (Wildman–Crippen MR) is 70.6 cm³/mol. The highest BCUT2D eigenvalue weighted by Crippen LogP contribution is 2.31. The maximum absolute atomic E-state index is 3.96. The standard InChI is InChI=1S/C15H29N/c1-3-12-8-10-14(11-9-12)16-15-7-5-6-13(15)4-2/h12-16H,3-11H2,1-2H3. The first kappa shape index (κ1) is 12.4. The van der Waals surface area contributed by atoms with E-state index in [1.807, 2.05) is 0 Å². The van der Waals surface area contributed by atoms with Gasteiger partial charge in [-0.25, -0.2) is 0 Å². The maximum Gasteiger partial charge on any atom is 0.00978 e. The van der Waals surface area contributed by atoms with Gasteiger partial charge in [0.2, 0.25) is 0 Å². The van der Waals surface area contributed by atoms with Crippen LogP contribution in [0.1, 0.15) is 71.6 Å². The number of rotatable bonds is 4. The molecular formula is C15H29N. The van der Waals surface area contributed by atoms with Gasteiger partial charge in [0.05, 0.1) is 0 Å². The van der Waals surface area contributed by atoms with Crippen molar-refractivity contribution in [2.45, 2.75) is 83.7 Å². The molecule has 0 aromatic heterocycles. The van der Waals surface area contributed by atoms with Gasteiger partial charge in [0, 0.05) is 12.1 Å². The second-order valence-corrected chi connectivity index (χ2v) is 6.00. The number of hydrogen-bond acceptors (Lipinski definition) is 1. The summed E-state index contributed by atoms with van der Waals surface area (Å²) < 4.78 is 0. The Morgan fingerprint density at radius 3 is 2.25 bits per heavy atom. The van der Waals surface area contributed by atoms with Crippen LogP contribution >= 0.6 is 0 Å². The molecule has 0 aromatic rings. The van der Waals surface area contributed by atoms with Crippen LogP contribution in [0.4, 0.5) is 0 Å². The van der Waals surface area contributed by atoms with E-state index in [-0.39, 0.29) is 0 Å². The van der Waals surface area contributed by atoms with E-state index in [0.717, 1.165) is 23.9 Å². The summed E-state index contributed by atoms with van der Waals surface area (Å²) in [6.45, 7) is 4.71. The molecule has 2 fully saturated rings. The lowest BCUT2D eigenvalue weighted by Crippen LogP contribution is -2.42. The van der Waals surface area contributed by atoms with Gasteiger partial charge >= 0.3 is 0 Å². The average Bonchev–Trinajstić information content (AvgIpc) is 2.77. The van der Waals surface area contributed by atoms with Crippen molar-refractivity contribution in [2.24, 2.45) is 11.8 Å². The topological polar surface area (TPSA) is 12.0 Å². The molecule has 0 aromatic carbocycles. The molecule has 2 unspecified atom stereocenters. The lowest BCUT2D eigenvalue weighted by atomic mass is 9.84. The van der Waals surface area contributed by atoms with Crippen molar-refractivity contribution < 1.29 is 0 Å². The summed E-state index contributed by atoms with van der Waals surface area (Å²) in [4.78, 5) is 0. The van der Waals surface area contributed by atoms with Crippen LogP contribution < -0.4 is 5.32 Å². The van der Waals surface area contributed by atoms with Gasteiger partial charge in [-0.15, -0.1) is 0 Å². The van der Waals surface area contributed by atoms with Gasteiger partial charge in [0.1, 0.15) is 0 Å². The molecule has 0 heterocycles. The maximum atomic E-state index is 3.96. The van der Waals surface area contributed by atoms with Crippen LogP contribution in [0.25, 0.3) is 0 Å². The molecule has 1 N–H and O–H groups in total. The monoisotopic (exact) mass is 223 g/mol. The second kappa shape index (κ2) is 6.05. The summed E-state index contributed by atoms with van der Waals surface area (Å²) in [5, 5.41) is 3.96. The van der Waals surface area contributed by atoms with Gasteiger partial charge in [0.15, 0.2) is 0 Å². The largest absolute Gasteiger partial charge is 0.311 e. The van der Waals surface area contributed by atoms with Crippen molar-refractivity contribution in [3.63, 3.8) is 0 Å². The zero-order valence-corrected chi connectivity index (χ0v) is 11.2. The van der Waals surface area contributed by atoms with E-state index >= 15 is 0 Å². The summed E-state index contributed by atoms with van der Waals surface area (Å²) >= 11 is 0. The summed E-state index contributed by atoms with van der Waals surface area (Å²) in [6, 6.07) is 1.70. The lowest BCUT2D eigenvalue weighted by molar-refractivity contribution is 0.250. The normalized spacial score (nSPS) is 40.1. The highest BCUT2D eigenvalue weighted by Gasteiger charge is 2.29. The molecule has 1 heteroatoms. The predicted octanol–water partition coefficient (Wildman–Crippen LogP) is 4.12. The Morgan fingerprint density at radius 1 is 0.875 bits per heavy atom. The van der Waals surface area contributed by atoms with Crippen molar-refractivity contribution in [1.29, 1.82) is 0 Å². The van der Waals surface area contributed by atoms with Crippen LogP contribution in [-0.4, -0.2) is 12.1 Å². The highest BCUT2D eigenvalue weighted by atomic mass is 15.0. The van der Waals surface area contributed by atoms with Gasteiger partial charge in [-0.3, -0.25) is 0 Å². The Balaban J connectivity index is 1.73. The van der Waals surface area contributed by atoms with E-state index in [2.05, 4.69) is 19.2 Å². The Hall–Kier alpha value is -0.0400. The summed E-state index contributed by atoms with van der Waals surface area (Å²) in [5.41, 5.74) is 0. The first-order valence-electron chi connectivity index (χ1n) is 7.59. The molecule has 0 bridgehead atoms. The molecule has 0 saturated heterocycles. The second-order valence-electron chi connectivity index (χ2n) is 6.00. The molecule has 2 atom stereocenters. The quantitative estimate of drug-likeness (QED) is 0.756. The van der Waals surface area contributed by atoms with Gasteiger partial charge < -0.3 is 5.32 Å². The molecule has 2 rings (SSSR count). The van der Waals surface area contributed by atoms with Gasteiger partial charge in [0.25, 0.3) is 0 Å². The van der Waals surface area contributed by atoms with Gasteiger partial charge in [-0.2, -0.15) is 0 Å². The Kier molecular flexibility index (Phi) is 4.69. The van der Waals surface area contributed by atoms with Crippen molar-refractivity contribution in [3.8, 4) is 0 Å². The zero-order valence-electron chi connectivity index (χ0n) is 11.2. The van der Waals surface area contributed by atoms with Crippen molar-refractivity contribution in [1.82, 2.24) is 5.32 Å². The molecule has 1 nitrogen and oxygen atoms in total. The smallest absolute Gasteiger partial charge is 0.00978 e. The Bertz CT molecular complexity index is 194. The van der Waals surface area contributed by atoms with E-state index < -0.39 is 0 Å². The van der Waals surface area contributed by atoms with Crippen LogP contribution in [0, 0.1) is 11.8 Å². The fourth-order valence-corrected chi connectivity index (χ4v) is 3.79. The summed E-state index contributed by atoms with van der Waals surface area (Å²) in [7, 11) is 0. The Morgan fingerprint density at radius 2 is 1.62 bits per heavy atom. The third-order valence-corrected chi connectivity index (χ3v) is 5.06. The van der Waals surface area contributed by atoms with E-state index in [4.69, 9.17) is 0 Å². The van der Waals surface area contributed by atoms with Crippen molar-refractivity contribution >= 4 is 0 Å². The van der Waals surface area contributed by atoms with Gasteiger partial charge in [-0.05, 0) is 50.4 Å². The van der Waals surface area contributed by atoms with Crippen molar-refractivity contribution in [3.05, 3.63) is 0 Å². The fourth-order valence-electron chi connectivity index (χ4n) is 3.79. The first-order chi connectivity index (χ1) is 7.83. The lowest BCUT2D eigenvalue weighted by Gasteiger charge is -2.32. The molecule has 0 spiro atoms. The molecule has 2 saturated carbocycles. The van der Waals surface area contributed by atoms with Crippen LogP contribution in [0.15, 0.2) is 0 Å². The van der Waals surface area contributed by atoms with Gasteiger partial charge in [-0.1, -0.05) is 33.1 Å². The number of nitrogens with one attached hydrogen (secondary N) is 1. The van der Waals surface area contributed by atoms with Crippen LogP contribution in [-0.2, 0) is 0 Å². The Labute approximate surface area is 101 Å². The fraction of sp³-hybridized carbons (Fsp3) is 1.00. The van der Waals surface area contributed by atoms with E-state index in [1.165, 1.54) is 57.8 Å². The minimum absolute atomic E-state index is 0.847.